The molecular formula is C28H26N4O2. The molecule has 1 saturated heterocycles. The average molecular weight is 451 g/mol. The molecule has 0 radical (unpaired) electrons. The molecule has 34 heavy (non-hydrogen) atoms. The summed E-state index contributed by atoms with van der Waals surface area (Å²) in [7, 11) is 0. The number of H-pyrrole nitrogens is 1. The number of piperazine rings is 1. The molecule has 6 rings (SSSR count). The zero-order valence-corrected chi connectivity index (χ0v) is 18.9. The monoisotopic (exact) mass is 450 g/mol. The van der Waals surface area contributed by atoms with Crippen molar-refractivity contribution >= 4 is 28.4 Å². The summed E-state index contributed by atoms with van der Waals surface area (Å²) in [6.45, 7) is 2.95. The molecule has 6 nitrogen and oxygen atoms in total. The molecular weight excluding hydrogens is 424 g/mol. The van der Waals surface area contributed by atoms with Crippen molar-refractivity contribution in [2.75, 3.05) is 37.6 Å². The number of anilines is 1. The van der Waals surface area contributed by atoms with E-state index in [2.05, 4.69) is 28.1 Å². The third-order valence-electron chi connectivity index (χ3n) is 7.03. The van der Waals surface area contributed by atoms with E-state index < -0.39 is 0 Å². The molecule has 0 aliphatic carbocycles. The molecule has 1 N–H and O–H groups in total. The van der Waals surface area contributed by atoms with Gasteiger partial charge in [-0.2, -0.15) is 0 Å². The number of benzene rings is 3. The normalized spacial score (nSPS) is 17.9. The molecule has 3 aromatic carbocycles. The van der Waals surface area contributed by atoms with E-state index in [0.29, 0.717) is 18.7 Å². The van der Waals surface area contributed by atoms with E-state index in [1.54, 1.807) is 4.90 Å². The maximum atomic E-state index is 13.4. The number of para-hydroxylation sites is 2. The number of nitrogens with zero attached hydrogens (tertiary/aromatic N) is 3. The van der Waals surface area contributed by atoms with Crippen molar-refractivity contribution in [3.05, 3.63) is 102 Å². The zero-order chi connectivity index (χ0) is 23.1. The van der Waals surface area contributed by atoms with E-state index in [-0.39, 0.29) is 24.4 Å². The molecule has 1 atom stereocenters. The van der Waals surface area contributed by atoms with Crippen LogP contribution in [0.4, 0.5) is 5.69 Å². The maximum Gasteiger partial charge on any atom is 0.255 e. The average Bonchev–Trinajstić information content (AvgIpc) is 3.43. The second-order valence-electron chi connectivity index (χ2n) is 8.92. The quantitative estimate of drug-likeness (QED) is 0.510. The van der Waals surface area contributed by atoms with Crippen molar-refractivity contribution in [2.45, 2.75) is 6.04 Å². The lowest BCUT2D eigenvalue weighted by atomic mass is 9.97. The summed E-state index contributed by atoms with van der Waals surface area (Å²) >= 11 is 0. The van der Waals surface area contributed by atoms with E-state index in [1.807, 2.05) is 71.8 Å². The van der Waals surface area contributed by atoms with E-state index in [9.17, 15) is 9.59 Å². The number of hydrogen-bond acceptors (Lipinski definition) is 3. The Morgan fingerprint density at radius 2 is 1.53 bits per heavy atom. The first kappa shape index (κ1) is 20.5. The van der Waals surface area contributed by atoms with Crippen molar-refractivity contribution in [2.24, 2.45) is 0 Å². The first-order chi connectivity index (χ1) is 16.7. The Hall–Kier alpha value is -4.06. The van der Waals surface area contributed by atoms with Gasteiger partial charge >= 0.3 is 0 Å². The van der Waals surface area contributed by atoms with Gasteiger partial charge in [0.15, 0.2) is 0 Å². The summed E-state index contributed by atoms with van der Waals surface area (Å²) in [6.07, 6.45) is 1.97. The lowest BCUT2D eigenvalue weighted by Crippen LogP contribution is -2.51. The molecule has 1 unspecified atom stereocenters. The Morgan fingerprint density at radius 3 is 2.35 bits per heavy atom. The van der Waals surface area contributed by atoms with E-state index in [0.717, 1.165) is 35.1 Å². The van der Waals surface area contributed by atoms with Gasteiger partial charge in [-0.05, 0) is 29.8 Å². The van der Waals surface area contributed by atoms with E-state index in [1.165, 1.54) is 5.69 Å². The smallest absolute Gasteiger partial charge is 0.255 e. The number of rotatable bonds is 4. The number of fused-ring (bicyclic) bond motifs is 2. The Bertz CT molecular complexity index is 1360. The molecule has 2 aliphatic heterocycles. The number of aromatic amines is 1. The van der Waals surface area contributed by atoms with Crippen molar-refractivity contribution in [1.82, 2.24) is 14.8 Å². The molecule has 2 aliphatic rings. The minimum absolute atomic E-state index is 0.00120. The number of nitrogens with one attached hydrogen (secondary N) is 1. The zero-order valence-electron chi connectivity index (χ0n) is 18.9. The van der Waals surface area contributed by atoms with Gasteiger partial charge in [0.1, 0.15) is 6.54 Å². The Labute approximate surface area is 198 Å². The molecule has 3 heterocycles. The highest BCUT2D eigenvalue weighted by atomic mass is 16.2. The second kappa shape index (κ2) is 8.37. The SMILES string of the molecule is O=C(CN1C(=O)c2ccccc2C1c1c[nH]c2ccccc12)N1CCN(c2ccccc2)CC1. The van der Waals surface area contributed by atoms with Gasteiger partial charge in [0, 0.05) is 60.1 Å². The number of amides is 2. The van der Waals surface area contributed by atoms with Crippen molar-refractivity contribution in [3.8, 4) is 0 Å². The van der Waals surface area contributed by atoms with E-state index in [4.69, 9.17) is 0 Å². The first-order valence-electron chi connectivity index (χ1n) is 11.7. The summed E-state index contributed by atoms with van der Waals surface area (Å²) in [6, 6.07) is 25.8. The highest BCUT2D eigenvalue weighted by Crippen LogP contribution is 2.41. The fraction of sp³-hybridized carbons (Fsp3) is 0.214. The molecule has 0 saturated carbocycles. The minimum atomic E-state index is -0.283. The summed E-state index contributed by atoms with van der Waals surface area (Å²) in [4.78, 5) is 36.1. The largest absolute Gasteiger partial charge is 0.368 e. The first-order valence-corrected chi connectivity index (χ1v) is 11.7. The Morgan fingerprint density at radius 1 is 0.824 bits per heavy atom. The molecule has 1 fully saturated rings. The number of carbonyl (C=O) groups is 2. The topological polar surface area (TPSA) is 59.7 Å². The van der Waals surface area contributed by atoms with Gasteiger partial charge in [-0.1, -0.05) is 54.6 Å². The summed E-state index contributed by atoms with van der Waals surface area (Å²) in [5, 5.41) is 1.07. The Kier molecular flexibility index (Phi) is 5.06. The van der Waals surface area contributed by atoms with Gasteiger partial charge in [-0.25, -0.2) is 0 Å². The fourth-order valence-electron chi connectivity index (χ4n) is 5.29. The van der Waals surface area contributed by atoms with Crippen LogP contribution in [0.25, 0.3) is 10.9 Å². The number of hydrogen-bond donors (Lipinski definition) is 1. The van der Waals surface area contributed by atoms with Gasteiger partial charge < -0.3 is 19.7 Å². The lowest BCUT2D eigenvalue weighted by molar-refractivity contribution is -0.132. The molecule has 2 amide bonds. The second-order valence-corrected chi connectivity index (χ2v) is 8.92. The summed E-state index contributed by atoms with van der Waals surface area (Å²) in [5.41, 5.74) is 4.87. The van der Waals surface area contributed by atoms with Gasteiger partial charge in [-0.3, -0.25) is 9.59 Å². The molecule has 0 bridgehead atoms. The molecule has 6 heteroatoms. The molecule has 1 aromatic heterocycles. The van der Waals surface area contributed by atoms with Crippen LogP contribution in [0, 0.1) is 0 Å². The lowest BCUT2D eigenvalue weighted by Gasteiger charge is -2.37. The summed E-state index contributed by atoms with van der Waals surface area (Å²) < 4.78 is 0. The van der Waals surface area contributed by atoms with Gasteiger partial charge in [0.05, 0.1) is 6.04 Å². The van der Waals surface area contributed by atoms with E-state index >= 15 is 0 Å². The molecule has 4 aromatic rings. The number of carbonyl (C=O) groups excluding carboxylic acids is 2. The minimum Gasteiger partial charge on any atom is -0.368 e. The highest BCUT2D eigenvalue weighted by molar-refractivity contribution is 6.02. The fourth-order valence-corrected chi connectivity index (χ4v) is 5.29. The van der Waals surface area contributed by atoms with Gasteiger partial charge in [-0.15, -0.1) is 0 Å². The summed E-state index contributed by atoms with van der Waals surface area (Å²) in [5.74, 6) is -0.0825. The van der Waals surface area contributed by atoms with Crippen LogP contribution in [0.3, 0.4) is 0 Å². The predicted molar refractivity (Wildman–Crippen MR) is 133 cm³/mol. The van der Waals surface area contributed by atoms with Crippen LogP contribution in [0.2, 0.25) is 0 Å². The maximum absolute atomic E-state index is 13.4. The molecule has 0 spiro atoms. The van der Waals surface area contributed by atoms with Crippen LogP contribution < -0.4 is 4.90 Å². The van der Waals surface area contributed by atoms with Crippen molar-refractivity contribution in [1.29, 1.82) is 0 Å². The van der Waals surface area contributed by atoms with Crippen LogP contribution in [0.5, 0.6) is 0 Å². The van der Waals surface area contributed by atoms with Crippen molar-refractivity contribution in [3.63, 3.8) is 0 Å². The predicted octanol–water partition coefficient (Wildman–Crippen LogP) is 4.06. The van der Waals surface area contributed by atoms with Gasteiger partial charge in [0.25, 0.3) is 5.91 Å². The van der Waals surface area contributed by atoms with Crippen LogP contribution in [0.1, 0.15) is 27.5 Å². The van der Waals surface area contributed by atoms with Crippen LogP contribution >= 0.6 is 0 Å². The Balaban J connectivity index is 1.25. The number of aromatic nitrogens is 1. The van der Waals surface area contributed by atoms with Crippen LogP contribution in [0.15, 0.2) is 85.1 Å². The van der Waals surface area contributed by atoms with Crippen LogP contribution in [-0.4, -0.2) is 59.3 Å². The standard InChI is InChI=1S/C28H26N4O2/c33-26(31-16-14-30(15-17-31)20-8-2-1-3-9-20)19-32-27(22-11-4-5-12-23(22)28(32)34)24-18-29-25-13-7-6-10-21(24)25/h1-13,18,27,29H,14-17,19H2. The van der Waals surface area contributed by atoms with Crippen LogP contribution in [-0.2, 0) is 4.79 Å². The molecule has 170 valence electrons. The third-order valence-corrected chi connectivity index (χ3v) is 7.03. The van der Waals surface area contributed by atoms with Gasteiger partial charge in [0.2, 0.25) is 5.91 Å². The third kappa shape index (κ3) is 3.43. The van der Waals surface area contributed by atoms with Crippen molar-refractivity contribution < 1.29 is 9.59 Å². The highest BCUT2D eigenvalue weighted by Gasteiger charge is 2.40.